The van der Waals surface area contributed by atoms with Crippen molar-refractivity contribution in [3.8, 4) is 0 Å². The van der Waals surface area contributed by atoms with E-state index in [2.05, 4.69) is 4.98 Å². The van der Waals surface area contributed by atoms with Crippen molar-refractivity contribution in [3.05, 3.63) is 28.9 Å². The number of rotatable bonds is 2. The number of aliphatic hydroxyl groups is 1. The highest BCUT2D eigenvalue weighted by Crippen LogP contribution is 2.26. The Morgan fingerprint density at radius 3 is 3.14 bits per heavy atom. The van der Waals surface area contributed by atoms with Gasteiger partial charge in [-0.15, -0.1) is 0 Å². The van der Waals surface area contributed by atoms with Gasteiger partial charge in [-0.3, -0.25) is 4.57 Å². The van der Waals surface area contributed by atoms with Gasteiger partial charge >= 0.3 is 5.69 Å². The summed E-state index contributed by atoms with van der Waals surface area (Å²) in [5.41, 5.74) is -0.309. The SMILES string of the molecule is O=c1ncccn1C1CCC(CO)O1. The van der Waals surface area contributed by atoms with Crippen molar-refractivity contribution in [2.75, 3.05) is 6.61 Å². The van der Waals surface area contributed by atoms with E-state index < -0.39 is 0 Å². The average Bonchev–Trinajstić information content (AvgIpc) is 2.67. The Morgan fingerprint density at radius 1 is 1.64 bits per heavy atom. The van der Waals surface area contributed by atoms with Crippen LogP contribution in [0, 0.1) is 0 Å². The number of aromatic nitrogens is 2. The molecule has 5 heteroatoms. The molecular formula is C9H12N2O3. The molecule has 0 aliphatic carbocycles. The van der Waals surface area contributed by atoms with Crippen LogP contribution < -0.4 is 5.69 Å². The van der Waals surface area contributed by atoms with Gasteiger partial charge in [0.2, 0.25) is 0 Å². The maximum Gasteiger partial charge on any atom is 0.349 e. The highest BCUT2D eigenvalue weighted by atomic mass is 16.5. The standard InChI is InChI=1S/C9H12N2O3/c12-6-7-2-3-8(14-7)11-5-1-4-10-9(11)13/h1,4-5,7-8,12H,2-3,6H2. The van der Waals surface area contributed by atoms with E-state index in [1.165, 1.54) is 10.8 Å². The molecule has 1 fully saturated rings. The Bertz CT molecular complexity index is 363. The molecule has 2 atom stereocenters. The van der Waals surface area contributed by atoms with Crippen LogP contribution >= 0.6 is 0 Å². The summed E-state index contributed by atoms with van der Waals surface area (Å²) in [6.45, 7) is 0.00547. The topological polar surface area (TPSA) is 64.4 Å². The smallest absolute Gasteiger partial charge is 0.349 e. The van der Waals surface area contributed by atoms with Gasteiger partial charge in [0.1, 0.15) is 6.23 Å². The molecule has 1 saturated heterocycles. The lowest BCUT2D eigenvalue weighted by Gasteiger charge is -2.13. The average molecular weight is 196 g/mol. The fourth-order valence-corrected chi connectivity index (χ4v) is 1.61. The lowest BCUT2D eigenvalue weighted by molar-refractivity contribution is -0.0245. The van der Waals surface area contributed by atoms with E-state index in [0.29, 0.717) is 0 Å². The Morgan fingerprint density at radius 2 is 2.50 bits per heavy atom. The molecule has 0 amide bonds. The van der Waals surface area contributed by atoms with Crippen molar-refractivity contribution in [2.45, 2.75) is 25.2 Å². The second-order valence-corrected chi connectivity index (χ2v) is 3.28. The monoisotopic (exact) mass is 196 g/mol. The third kappa shape index (κ3) is 1.69. The fourth-order valence-electron chi connectivity index (χ4n) is 1.61. The zero-order valence-corrected chi connectivity index (χ0v) is 7.67. The minimum Gasteiger partial charge on any atom is -0.394 e. The van der Waals surface area contributed by atoms with Gasteiger partial charge in [-0.1, -0.05) is 0 Å². The minimum absolute atomic E-state index is 0.00547. The largest absolute Gasteiger partial charge is 0.394 e. The first kappa shape index (κ1) is 9.36. The van der Waals surface area contributed by atoms with E-state index in [-0.39, 0.29) is 24.6 Å². The molecule has 0 radical (unpaired) electrons. The van der Waals surface area contributed by atoms with Crippen molar-refractivity contribution in [3.63, 3.8) is 0 Å². The second-order valence-electron chi connectivity index (χ2n) is 3.28. The van der Waals surface area contributed by atoms with Crippen LogP contribution in [0.5, 0.6) is 0 Å². The van der Waals surface area contributed by atoms with Crippen molar-refractivity contribution in [1.29, 1.82) is 0 Å². The van der Waals surface area contributed by atoms with Gasteiger partial charge in [-0.05, 0) is 18.9 Å². The molecule has 1 aromatic heterocycles. The molecule has 0 saturated carbocycles. The molecule has 2 unspecified atom stereocenters. The van der Waals surface area contributed by atoms with Crippen LogP contribution in [-0.2, 0) is 4.74 Å². The summed E-state index contributed by atoms with van der Waals surface area (Å²) in [6, 6.07) is 1.69. The van der Waals surface area contributed by atoms with Crippen LogP contribution in [0.3, 0.4) is 0 Å². The summed E-state index contributed by atoms with van der Waals surface area (Å²) in [5, 5.41) is 8.87. The van der Waals surface area contributed by atoms with Gasteiger partial charge in [-0.2, -0.15) is 0 Å². The molecular weight excluding hydrogens is 184 g/mol. The van der Waals surface area contributed by atoms with Crippen LogP contribution in [0.2, 0.25) is 0 Å². The molecule has 0 aromatic carbocycles. The van der Waals surface area contributed by atoms with E-state index in [0.717, 1.165) is 12.8 Å². The van der Waals surface area contributed by atoms with Gasteiger partial charge in [0.15, 0.2) is 0 Å². The maximum absolute atomic E-state index is 11.3. The normalized spacial score (nSPS) is 26.6. The highest BCUT2D eigenvalue weighted by molar-refractivity contribution is 4.84. The zero-order chi connectivity index (χ0) is 9.97. The number of hydrogen-bond acceptors (Lipinski definition) is 4. The summed E-state index contributed by atoms with van der Waals surface area (Å²) < 4.78 is 6.90. The van der Waals surface area contributed by atoms with Gasteiger partial charge in [0.05, 0.1) is 12.7 Å². The third-order valence-electron chi connectivity index (χ3n) is 2.34. The predicted octanol–water partition coefficient (Wildman–Crippen LogP) is -0.0868. The maximum atomic E-state index is 11.3. The van der Waals surface area contributed by atoms with Crippen molar-refractivity contribution < 1.29 is 9.84 Å². The molecule has 2 rings (SSSR count). The van der Waals surface area contributed by atoms with Crippen LogP contribution in [-0.4, -0.2) is 27.4 Å². The summed E-state index contributed by atoms with van der Waals surface area (Å²) >= 11 is 0. The molecule has 2 heterocycles. The lowest BCUT2D eigenvalue weighted by Crippen LogP contribution is -2.26. The van der Waals surface area contributed by atoms with Crippen LogP contribution in [0.4, 0.5) is 0 Å². The minimum atomic E-state index is -0.309. The van der Waals surface area contributed by atoms with Crippen LogP contribution in [0.1, 0.15) is 19.1 Å². The molecule has 1 aliphatic heterocycles. The molecule has 0 bridgehead atoms. The van der Waals surface area contributed by atoms with E-state index in [1.807, 2.05) is 0 Å². The predicted molar refractivity (Wildman–Crippen MR) is 48.7 cm³/mol. The van der Waals surface area contributed by atoms with Gasteiger partial charge in [0, 0.05) is 12.4 Å². The molecule has 14 heavy (non-hydrogen) atoms. The Balaban J connectivity index is 2.18. The Kier molecular flexibility index (Phi) is 2.60. The second kappa shape index (κ2) is 3.89. The number of hydrogen-bond donors (Lipinski definition) is 1. The first-order valence-corrected chi connectivity index (χ1v) is 4.60. The fraction of sp³-hybridized carbons (Fsp3) is 0.556. The highest BCUT2D eigenvalue weighted by Gasteiger charge is 2.26. The van der Waals surface area contributed by atoms with Crippen molar-refractivity contribution in [1.82, 2.24) is 9.55 Å². The molecule has 5 nitrogen and oxygen atoms in total. The number of aliphatic hydroxyl groups excluding tert-OH is 1. The van der Waals surface area contributed by atoms with Crippen LogP contribution in [0.25, 0.3) is 0 Å². The Hall–Kier alpha value is -1.20. The first-order chi connectivity index (χ1) is 6.81. The van der Waals surface area contributed by atoms with Gasteiger partial charge in [0.25, 0.3) is 0 Å². The van der Waals surface area contributed by atoms with Gasteiger partial charge < -0.3 is 9.84 Å². The summed E-state index contributed by atoms with van der Waals surface area (Å²) in [6.07, 6.45) is 4.22. The quantitative estimate of drug-likeness (QED) is 0.718. The Labute approximate surface area is 81.0 Å². The molecule has 1 aromatic rings. The van der Waals surface area contributed by atoms with Crippen LogP contribution in [0.15, 0.2) is 23.3 Å². The van der Waals surface area contributed by atoms with Gasteiger partial charge in [-0.25, -0.2) is 9.78 Å². The number of ether oxygens (including phenoxy) is 1. The zero-order valence-electron chi connectivity index (χ0n) is 7.67. The van der Waals surface area contributed by atoms with Crippen molar-refractivity contribution >= 4 is 0 Å². The molecule has 1 aliphatic rings. The summed E-state index contributed by atoms with van der Waals surface area (Å²) in [5.74, 6) is 0. The molecule has 0 spiro atoms. The number of nitrogens with zero attached hydrogens (tertiary/aromatic N) is 2. The molecule has 76 valence electrons. The van der Waals surface area contributed by atoms with Crippen molar-refractivity contribution in [2.24, 2.45) is 0 Å². The summed E-state index contributed by atoms with van der Waals surface area (Å²) in [7, 11) is 0. The summed E-state index contributed by atoms with van der Waals surface area (Å²) in [4.78, 5) is 15.0. The lowest BCUT2D eigenvalue weighted by atomic mass is 10.2. The van der Waals surface area contributed by atoms with E-state index in [1.54, 1.807) is 12.3 Å². The third-order valence-corrected chi connectivity index (χ3v) is 2.34. The van der Waals surface area contributed by atoms with E-state index >= 15 is 0 Å². The molecule has 1 N–H and O–H groups in total. The van der Waals surface area contributed by atoms with E-state index in [9.17, 15) is 4.79 Å². The van der Waals surface area contributed by atoms with E-state index in [4.69, 9.17) is 9.84 Å². The first-order valence-electron chi connectivity index (χ1n) is 4.60.